The minimum atomic E-state index is -0.205. The number of anilines is 3. The van der Waals surface area contributed by atoms with Crippen molar-refractivity contribution in [3.8, 4) is 0 Å². The maximum Gasteiger partial charge on any atom is 0.230 e. The van der Waals surface area contributed by atoms with Gasteiger partial charge in [0.1, 0.15) is 5.82 Å². The average molecular weight is 229 g/mol. The number of nitrogens with two attached hydrogens (primary N) is 1. The molecule has 17 heavy (non-hydrogen) atoms. The van der Waals surface area contributed by atoms with Gasteiger partial charge in [0.2, 0.25) is 5.91 Å². The molecule has 6 nitrogen and oxygen atoms in total. The summed E-state index contributed by atoms with van der Waals surface area (Å²) in [7, 11) is 0. The van der Waals surface area contributed by atoms with E-state index in [-0.39, 0.29) is 5.91 Å². The van der Waals surface area contributed by atoms with Crippen molar-refractivity contribution >= 4 is 23.2 Å². The Morgan fingerprint density at radius 1 is 1.24 bits per heavy atom. The fourth-order valence-electron chi connectivity index (χ4n) is 1.40. The normalized spacial score (nSPS) is 9.94. The molecule has 0 saturated heterocycles. The molecule has 0 bridgehead atoms. The SMILES string of the molecule is CC(=O)N(c1cnccn1)c1cc(N)ccn1. The van der Waals surface area contributed by atoms with Gasteiger partial charge >= 0.3 is 0 Å². The third kappa shape index (κ3) is 2.36. The summed E-state index contributed by atoms with van der Waals surface area (Å²) in [5, 5.41) is 0. The van der Waals surface area contributed by atoms with Crippen molar-refractivity contribution in [3.63, 3.8) is 0 Å². The molecule has 0 radical (unpaired) electrons. The van der Waals surface area contributed by atoms with Gasteiger partial charge < -0.3 is 5.73 Å². The third-order valence-corrected chi connectivity index (χ3v) is 2.09. The first-order chi connectivity index (χ1) is 8.18. The van der Waals surface area contributed by atoms with Crippen molar-refractivity contribution < 1.29 is 4.79 Å². The molecule has 2 rings (SSSR count). The van der Waals surface area contributed by atoms with Crippen molar-refractivity contribution in [2.24, 2.45) is 0 Å². The Morgan fingerprint density at radius 2 is 2.00 bits per heavy atom. The van der Waals surface area contributed by atoms with Crippen molar-refractivity contribution in [1.82, 2.24) is 15.0 Å². The van der Waals surface area contributed by atoms with Crippen molar-refractivity contribution in [2.75, 3.05) is 10.6 Å². The molecular formula is C11H11N5O. The predicted molar refractivity (Wildman–Crippen MR) is 63.5 cm³/mol. The number of aromatic nitrogens is 3. The second kappa shape index (κ2) is 4.56. The molecule has 0 unspecified atom stereocenters. The molecule has 2 aromatic rings. The molecule has 0 spiro atoms. The van der Waals surface area contributed by atoms with Crippen LogP contribution < -0.4 is 10.6 Å². The molecule has 0 aromatic carbocycles. The number of nitrogen functional groups attached to an aromatic ring is 1. The number of carbonyl (C=O) groups excluding carboxylic acids is 1. The molecule has 1 amide bonds. The van der Waals surface area contributed by atoms with Gasteiger partial charge in [0, 0.05) is 37.3 Å². The number of hydrogen-bond acceptors (Lipinski definition) is 5. The lowest BCUT2D eigenvalue weighted by atomic mass is 10.3. The zero-order chi connectivity index (χ0) is 12.3. The summed E-state index contributed by atoms with van der Waals surface area (Å²) in [4.78, 5) is 25.1. The summed E-state index contributed by atoms with van der Waals surface area (Å²) < 4.78 is 0. The van der Waals surface area contributed by atoms with Gasteiger partial charge in [-0.05, 0) is 6.07 Å². The Kier molecular flexibility index (Phi) is 2.95. The Labute approximate surface area is 98.1 Å². The fourth-order valence-corrected chi connectivity index (χ4v) is 1.40. The number of carbonyl (C=O) groups is 1. The third-order valence-electron chi connectivity index (χ3n) is 2.09. The lowest BCUT2D eigenvalue weighted by Crippen LogP contribution is -2.24. The van der Waals surface area contributed by atoms with Gasteiger partial charge in [0.25, 0.3) is 0 Å². The first-order valence-corrected chi connectivity index (χ1v) is 4.96. The molecule has 6 heteroatoms. The summed E-state index contributed by atoms with van der Waals surface area (Å²) in [6, 6.07) is 3.26. The summed E-state index contributed by atoms with van der Waals surface area (Å²) in [6.45, 7) is 1.43. The summed E-state index contributed by atoms with van der Waals surface area (Å²) >= 11 is 0. The zero-order valence-corrected chi connectivity index (χ0v) is 9.24. The van der Waals surface area contributed by atoms with Gasteiger partial charge in [-0.2, -0.15) is 0 Å². The van der Waals surface area contributed by atoms with Gasteiger partial charge in [-0.1, -0.05) is 0 Å². The number of nitrogens with zero attached hydrogens (tertiary/aromatic N) is 4. The molecule has 2 aromatic heterocycles. The van der Waals surface area contributed by atoms with Crippen LogP contribution in [0, 0.1) is 0 Å². The number of pyridine rings is 1. The van der Waals surface area contributed by atoms with Crippen LogP contribution >= 0.6 is 0 Å². The van der Waals surface area contributed by atoms with Gasteiger partial charge in [-0.25, -0.2) is 14.9 Å². The number of amides is 1. The topological polar surface area (TPSA) is 85.0 Å². The summed E-state index contributed by atoms with van der Waals surface area (Å²) in [5.74, 6) is 0.639. The average Bonchev–Trinajstić information content (AvgIpc) is 2.30. The second-order valence-electron chi connectivity index (χ2n) is 3.37. The standard InChI is InChI=1S/C11H11N5O/c1-8(17)16(11-7-13-4-5-15-11)10-6-9(12)2-3-14-10/h2-7H,1H3,(H2,12,14). The minimum absolute atomic E-state index is 0.205. The van der Waals surface area contributed by atoms with Crippen LogP contribution in [0.5, 0.6) is 0 Å². The molecule has 0 atom stereocenters. The van der Waals surface area contributed by atoms with Crippen molar-refractivity contribution in [3.05, 3.63) is 36.9 Å². The van der Waals surface area contributed by atoms with Crippen LogP contribution in [0.4, 0.5) is 17.3 Å². The highest BCUT2D eigenvalue weighted by atomic mass is 16.2. The Bertz CT molecular complexity index is 528. The molecule has 2 heterocycles. The van der Waals surface area contributed by atoms with E-state index >= 15 is 0 Å². The van der Waals surface area contributed by atoms with E-state index in [4.69, 9.17) is 5.73 Å². The lowest BCUT2D eigenvalue weighted by molar-refractivity contribution is -0.115. The smallest absolute Gasteiger partial charge is 0.230 e. The van der Waals surface area contributed by atoms with E-state index in [2.05, 4.69) is 15.0 Å². The first kappa shape index (κ1) is 11.0. The molecule has 0 saturated carbocycles. The van der Waals surface area contributed by atoms with Gasteiger partial charge in [0.05, 0.1) is 6.20 Å². The molecule has 0 fully saturated rings. The summed E-state index contributed by atoms with van der Waals surface area (Å²) in [6.07, 6.45) is 6.08. The van der Waals surface area contributed by atoms with Gasteiger partial charge in [-0.15, -0.1) is 0 Å². The van der Waals surface area contributed by atoms with E-state index in [1.165, 1.54) is 36.6 Å². The number of rotatable bonds is 2. The highest BCUT2D eigenvalue weighted by Gasteiger charge is 2.16. The van der Waals surface area contributed by atoms with Crippen LogP contribution in [-0.4, -0.2) is 20.9 Å². The molecule has 2 N–H and O–H groups in total. The van der Waals surface area contributed by atoms with Crippen LogP contribution in [0.25, 0.3) is 0 Å². The van der Waals surface area contributed by atoms with Crippen molar-refractivity contribution in [2.45, 2.75) is 6.92 Å². The van der Waals surface area contributed by atoms with Crippen LogP contribution in [-0.2, 0) is 4.79 Å². The largest absolute Gasteiger partial charge is 0.399 e. The van der Waals surface area contributed by atoms with Gasteiger partial charge in [-0.3, -0.25) is 9.78 Å². The second-order valence-corrected chi connectivity index (χ2v) is 3.37. The fraction of sp³-hybridized carbons (Fsp3) is 0.0909. The molecule has 0 aliphatic carbocycles. The van der Waals surface area contributed by atoms with E-state index in [0.29, 0.717) is 17.3 Å². The minimum Gasteiger partial charge on any atom is -0.399 e. The Hall–Kier alpha value is -2.50. The molecule has 0 aliphatic heterocycles. The predicted octanol–water partition coefficient (Wildman–Crippen LogP) is 1.14. The maximum absolute atomic E-state index is 11.6. The van der Waals surface area contributed by atoms with Crippen LogP contribution in [0.1, 0.15) is 6.92 Å². The molecular weight excluding hydrogens is 218 g/mol. The van der Waals surface area contributed by atoms with E-state index in [9.17, 15) is 4.79 Å². The number of hydrogen-bond donors (Lipinski definition) is 1. The van der Waals surface area contributed by atoms with Crippen LogP contribution in [0.2, 0.25) is 0 Å². The van der Waals surface area contributed by atoms with Gasteiger partial charge in [0.15, 0.2) is 5.82 Å². The lowest BCUT2D eigenvalue weighted by Gasteiger charge is -2.18. The van der Waals surface area contributed by atoms with Crippen LogP contribution in [0.3, 0.4) is 0 Å². The summed E-state index contributed by atoms with van der Waals surface area (Å²) in [5.41, 5.74) is 6.19. The van der Waals surface area contributed by atoms with Crippen molar-refractivity contribution in [1.29, 1.82) is 0 Å². The van der Waals surface area contributed by atoms with E-state index in [1.807, 2.05) is 0 Å². The zero-order valence-electron chi connectivity index (χ0n) is 9.24. The highest BCUT2D eigenvalue weighted by molar-refractivity contribution is 5.97. The monoisotopic (exact) mass is 229 g/mol. The quantitative estimate of drug-likeness (QED) is 0.834. The van der Waals surface area contributed by atoms with E-state index < -0.39 is 0 Å². The van der Waals surface area contributed by atoms with E-state index in [0.717, 1.165) is 0 Å². The first-order valence-electron chi connectivity index (χ1n) is 4.96. The van der Waals surface area contributed by atoms with Crippen LogP contribution in [0.15, 0.2) is 36.9 Å². The van der Waals surface area contributed by atoms with E-state index in [1.54, 1.807) is 12.1 Å². The Morgan fingerprint density at radius 3 is 2.59 bits per heavy atom. The molecule has 0 aliphatic rings. The highest BCUT2D eigenvalue weighted by Crippen LogP contribution is 2.21. The molecule has 86 valence electrons. The Balaban J connectivity index is 2.47. The maximum atomic E-state index is 11.6.